The van der Waals surface area contributed by atoms with Crippen molar-refractivity contribution in [3.63, 3.8) is 0 Å². The van der Waals surface area contributed by atoms with E-state index in [1.807, 2.05) is 0 Å². The number of piperidine rings is 1. The second-order valence-electron chi connectivity index (χ2n) is 4.58. The first-order valence-electron chi connectivity index (χ1n) is 5.99. The maximum atomic E-state index is 12.7. The largest absolute Gasteiger partial charge is 0.383 e. The molecule has 1 aliphatic heterocycles. The van der Waals surface area contributed by atoms with Gasteiger partial charge in [0.25, 0.3) is 0 Å². The van der Waals surface area contributed by atoms with E-state index < -0.39 is 0 Å². The van der Waals surface area contributed by atoms with E-state index in [0.29, 0.717) is 12.1 Å². The number of hydrogen-bond acceptors (Lipinski definition) is 2. The van der Waals surface area contributed by atoms with Gasteiger partial charge in [0.1, 0.15) is 5.82 Å². The highest BCUT2D eigenvalue weighted by Crippen LogP contribution is 2.14. The van der Waals surface area contributed by atoms with Gasteiger partial charge in [-0.1, -0.05) is 6.42 Å². The fourth-order valence-corrected chi connectivity index (χ4v) is 2.21. The van der Waals surface area contributed by atoms with Crippen LogP contribution in [0.25, 0.3) is 0 Å². The van der Waals surface area contributed by atoms with Crippen LogP contribution in [0.3, 0.4) is 0 Å². The number of benzene rings is 1. The predicted molar refractivity (Wildman–Crippen MR) is 65.1 cm³/mol. The van der Waals surface area contributed by atoms with E-state index in [-0.39, 0.29) is 5.82 Å². The Labute approximate surface area is 96.2 Å². The molecule has 0 amide bonds. The summed E-state index contributed by atoms with van der Waals surface area (Å²) in [7, 11) is 0. The number of rotatable bonds is 3. The normalized spacial score (nSPS) is 25.4. The highest BCUT2D eigenvalue weighted by atomic mass is 19.1. The second-order valence-corrected chi connectivity index (χ2v) is 4.58. The number of hydrogen-bond donors (Lipinski definition) is 2. The van der Waals surface area contributed by atoms with E-state index in [9.17, 15) is 4.39 Å². The summed E-state index contributed by atoms with van der Waals surface area (Å²) in [6.07, 6.45) is 3.79. The van der Waals surface area contributed by atoms with Crippen LogP contribution in [0.15, 0.2) is 24.3 Å². The molecule has 2 atom stereocenters. The van der Waals surface area contributed by atoms with E-state index in [4.69, 9.17) is 0 Å². The summed E-state index contributed by atoms with van der Waals surface area (Å²) in [5, 5.41) is 6.89. The van der Waals surface area contributed by atoms with Crippen molar-refractivity contribution in [2.45, 2.75) is 38.3 Å². The van der Waals surface area contributed by atoms with Crippen LogP contribution >= 0.6 is 0 Å². The van der Waals surface area contributed by atoms with Gasteiger partial charge in [0.2, 0.25) is 0 Å². The van der Waals surface area contributed by atoms with Crippen molar-refractivity contribution in [3.8, 4) is 0 Å². The molecule has 0 aliphatic carbocycles. The van der Waals surface area contributed by atoms with Gasteiger partial charge in [-0.25, -0.2) is 4.39 Å². The average Bonchev–Trinajstić information content (AvgIpc) is 2.28. The topological polar surface area (TPSA) is 24.1 Å². The Morgan fingerprint density at radius 3 is 2.75 bits per heavy atom. The highest BCUT2D eigenvalue weighted by Gasteiger charge is 2.16. The van der Waals surface area contributed by atoms with E-state index in [0.717, 1.165) is 12.2 Å². The van der Waals surface area contributed by atoms with Gasteiger partial charge in [-0.3, -0.25) is 0 Å². The Bertz CT molecular complexity index is 323. The lowest BCUT2D eigenvalue weighted by Crippen LogP contribution is -2.44. The molecule has 2 N–H and O–H groups in total. The Morgan fingerprint density at radius 1 is 1.31 bits per heavy atom. The van der Waals surface area contributed by atoms with Gasteiger partial charge in [0.15, 0.2) is 0 Å². The molecular formula is C13H19FN2. The van der Waals surface area contributed by atoms with Gasteiger partial charge in [-0.2, -0.15) is 0 Å². The quantitative estimate of drug-likeness (QED) is 0.821. The minimum Gasteiger partial charge on any atom is -0.383 e. The summed E-state index contributed by atoms with van der Waals surface area (Å²) in [6.45, 7) is 3.14. The lowest BCUT2D eigenvalue weighted by molar-refractivity contribution is 0.345. The molecule has 88 valence electrons. The third-order valence-corrected chi connectivity index (χ3v) is 3.11. The lowest BCUT2D eigenvalue weighted by Gasteiger charge is -2.29. The molecule has 0 spiro atoms. The van der Waals surface area contributed by atoms with Gasteiger partial charge in [0.05, 0.1) is 0 Å². The maximum Gasteiger partial charge on any atom is 0.123 e. The van der Waals surface area contributed by atoms with Gasteiger partial charge >= 0.3 is 0 Å². The molecule has 1 fully saturated rings. The third kappa shape index (κ3) is 3.20. The zero-order chi connectivity index (χ0) is 11.4. The van der Waals surface area contributed by atoms with E-state index in [2.05, 4.69) is 17.6 Å². The van der Waals surface area contributed by atoms with Crippen molar-refractivity contribution in [2.75, 3.05) is 11.9 Å². The molecule has 0 radical (unpaired) electrons. The van der Waals surface area contributed by atoms with E-state index in [1.165, 1.54) is 31.4 Å². The van der Waals surface area contributed by atoms with Crippen LogP contribution in [0.2, 0.25) is 0 Å². The summed E-state index contributed by atoms with van der Waals surface area (Å²) >= 11 is 0. The monoisotopic (exact) mass is 222 g/mol. The summed E-state index contributed by atoms with van der Waals surface area (Å²) in [6, 6.07) is 7.68. The molecule has 2 unspecified atom stereocenters. The molecule has 0 bridgehead atoms. The molecular weight excluding hydrogens is 203 g/mol. The molecule has 0 aromatic heterocycles. The second kappa shape index (κ2) is 5.30. The maximum absolute atomic E-state index is 12.7. The summed E-state index contributed by atoms with van der Waals surface area (Å²) < 4.78 is 12.7. The first kappa shape index (κ1) is 11.4. The number of nitrogens with one attached hydrogen (secondary N) is 2. The van der Waals surface area contributed by atoms with Crippen LogP contribution in [0.5, 0.6) is 0 Å². The molecule has 1 aliphatic rings. The summed E-state index contributed by atoms with van der Waals surface area (Å²) in [4.78, 5) is 0. The smallest absolute Gasteiger partial charge is 0.123 e. The van der Waals surface area contributed by atoms with Crippen LogP contribution in [-0.4, -0.2) is 18.6 Å². The van der Waals surface area contributed by atoms with Gasteiger partial charge < -0.3 is 10.6 Å². The van der Waals surface area contributed by atoms with Crippen LogP contribution in [0.1, 0.15) is 26.2 Å². The van der Waals surface area contributed by atoms with E-state index in [1.54, 1.807) is 12.1 Å². The average molecular weight is 222 g/mol. The van der Waals surface area contributed by atoms with Crippen molar-refractivity contribution >= 4 is 5.69 Å². The number of halogens is 1. The Kier molecular flexibility index (Phi) is 3.78. The standard InChI is InChI=1S/C13H19FN2/c1-10-3-2-4-13(16-10)9-15-12-7-5-11(14)6-8-12/h5-8,10,13,15-16H,2-4,9H2,1H3. The van der Waals surface area contributed by atoms with Crippen molar-refractivity contribution in [1.82, 2.24) is 5.32 Å². The minimum absolute atomic E-state index is 0.185. The molecule has 16 heavy (non-hydrogen) atoms. The van der Waals surface area contributed by atoms with Crippen molar-refractivity contribution < 1.29 is 4.39 Å². The van der Waals surface area contributed by atoms with Crippen molar-refractivity contribution in [3.05, 3.63) is 30.1 Å². The van der Waals surface area contributed by atoms with Gasteiger partial charge in [-0.05, 0) is 44.0 Å². The van der Waals surface area contributed by atoms with Crippen molar-refractivity contribution in [1.29, 1.82) is 0 Å². The molecule has 0 saturated carbocycles. The van der Waals surface area contributed by atoms with Crippen LogP contribution < -0.4 is 10.6 Å². The first-order chi connectivity index (χ1) is 7.74. The Morgan fingerprint density at radius 2 is 2.06 bits per heavy atom. The van der Waals surface area contributed by atoms with Crippen LogP contribution in [-0.2, 0) is 0 Å². The summed E-state index contributed by atoms with van der Waals surface area (Å²) in [5.41, 5.74) is 0.987. The SMILES string of the molecule is CC1CCCC(CNc2ccc(F)cc2)N1. The molecule has 2 nitrogen and oxygen atoms in total. The Hall–Kier alpha value is -1.09. The van der Waals surface area contributed by atoms with Crippen LogP contribution in [0, 0.1) is 5.82 Å². The Balaban J connectivity index is 1.80. The molecule has 1 saturated heterocycles. The molecule has 3 heteroatoms. The fraction of sp³-hybridized carbons (Fsp3) is 0.538. The lowest BCUT2D eigenvalue weighted by atomic mass is 9.99. The predicted octanol–water partition coefficient (Wildman–Crippen LogP) is 2.77. The van der Waals surface area contributed by atoms with Crippen LogP contribution in [0.4, 0.5) is 10.1 Å². The molecule has 1 heterocycles. The van der Waals surface area contributed by atoms with Gasteiger partial charge in [-0.15, -0.1) is 0 Å². The van der Waals surface area contributed by atoms with Gasteiger partial charge in [0, 0.05) is 24.3 Å². The third-order valence-electron chi connectivity index (χ3n) is 3.11. The number of anilines is 1. The van der Waals surface area contributed by atoms with Crippen molar-refractivity contribution in [2.24, 2.45) is 0 Å². The molecule has 1 aromatic carbocycles. The molecule has 2 rings (SSSR count). The fourth-order valence-electron chi connectivity index (χ4n) is 2.21. The molecule has 1 aromatic rings. The minimum atomic E-state index is -0.185. The highest BCUT2D eigenvalue weighted by molar-refractivity contribution is 5.42. The van der Waals surface area contributed by atoms with E-state index >= 15 is 0 Å². The first-order valence-corrected chi connectivity index (χ1v) is 5.99. The zero-order valence-electron chi connectivity index (χ0n) is 9.67. The summed E-state index contributed by atoms with van der Waals surface area (Å²) in [5.74, 6) is -0.185. The zero-order valence-corrected chi connectivity index (χ0v) is 9.67.